The number of rotatable bonds is 4. The lowest BCUT2D eigenvalue weighted by molar-refractivity contribution is -0.183. The van der Waals surface area contributed by atoms with Crippen LogP contribution in [0.4, 0.5) is 13.2 Å². The van der Waals surface area contributed by atoms with Crippen molar-refractivity contribution in [2.75, 3.05) is 13.2 Å². The monoisotopic (exact) mass is 460 g/mol. The molecule has 1 saturated heterocycles. The Kier molecular flexibility index (Phi) is 4.82. The van der Waals surface area contributed by atoms with Gasteiger partial charge in [0.1, 0.15) is 21.2 Å². The molecular formula is C24H23F3N2O2S. The summed E-state index contributed by atoms with van der Waals surface area (Å²) >= 11 is 1.33. The fraction of sp³-hybridized carbons (Fsp3) is 0.500. The smallest absolute Gasteiger partial charge is 0.248 e. The summed E-state index contributed by atoms with van der Waals surface area (Å²) in [5.74, 6) is -2.96. The summed E-state index contributed by atoms with van der Waals surface area (Å²) < 4.78 is 53.7. The number of aromatic nitrogens is 2. The number of benzene rings is 1. The van der Waals surface area contributed by atoms with Crippen LogP contribution in [0.3, 0.4) is 0 Å². The van der Waals surface area contributed by atoms with E-state index in [2.05, 4.69) is 4.98 Å². The SMILES string of the molecule is Fc1cc(C2OCCCO2)ccc1-c1nc2ccc(C3(C4CCC(F)(F)C4)CC3)nc2s1. The molecule has 2 saturated carbocycles. The highest BCUT2D eigenvalue weighted by atomic mass is 32.1. The molecule has 3 aliphatic rings. The Labute approximate surface area is 187 Å². The number of hydrogen-bond donors (Lipinski definition) is 0. The molecule has 1 aromatic carbocycles. The number of ether oxygens (including phenoxy) is 2. The van der Waals surface area contributed by atoms with E-state index in [1.165, 1.54) is 17.4 Å². The zero-order chi connectivity index (χ0) is 21.9. The minimum absolute atomic E-state index is 0.0240. The van der Waals surface area contributed by atoms with Crippen molar-refractivity contribution < 1.29 is 22.6 Å². The third kappa shape index (κ3) is 3.53. The van der Waals surface area contributed by atoms with E-state index in [1.807, 2.05) is 12.1 Å². The lowest BCUT2D eigenvalue weighted by atomic mass is 9.84. The second-order valence-electron chi connectivity index (χ2n) is 9.16. The fourth-order valence-corrected chi connectivity index (χ4v) is 6.14. The van der Waals surface area contributed by atoms with Crippen molar-refractivity contribution in [2.45, 2.75) is 56.2 Å². The first kappa shape index (κ1) is 20.6. The summed E-state index contributed by atoms with van der Waals surface area (Å²) in [6.45, 7) is 1.19. The van der Waals surface area contributed by atoms with Gasteiger partial charge in [-0.1, -0.05) is 17.4 Å². The highest BCUT2D eigenvalue weighted by molar-refractivity contribution is 7.21. The molecular weight excluding hydrogens is 437 g/mol. The number of fused-ring (bicyclic) bond motifs is 1. The van der Waals surface area contributed by atoms with Crippen LogP contribution in [-0.4, -0.2) is 29.1 Å². The number of halogens is 3. The number of hydrogen-bond acceptors (Lipinski definition) is 5. The van der Waals surface area contributed by atoms with Crippen molar-refractivity contribution in [1.29, 1.82) is 0 Å². The average Bonchev–Trinajstić information content (AvgIpc) is 3.36. The topological polar surface area (TPSA) is 44.2 Å². The Morgan fingerprint density at radius 1 is 1.00 bits per heavy atom. The second kappa shape index (κ2) is 7.50. The summed E-state index contributed by atoms with van der Waals surface area (Å²) in [4.78, 5) is 10.1. The van der Waals surface area contributed by atoms with Gasteiger partial charge < -0.3 is 9.47 Å². The maximum absolute atomic E-state index is 14.9. The highest BCUT2D eigenvalue weighted by Gasteiger charge is 2.57. The molecule has 1 aliphatic heterocycles. The molecule has 2 aliphatic carbocycles. The Balaban J connectivity index is 1.29. The van der Waals surface area contributed by atoms with Crippen molar-refractivity contribution in [3.63, 3.8) is 0 Å². The average molecular weight is 461 g/mol. The van der Waals surface area contributed by atoms with Crippen LogP contribution >= 0.6 is 11.3 Å². The molecule has 3 aromatic rings. The van der Waals surface area contributed by atoms with Crippen molar-refractivity contribution in [3.05, 3.63) is 47.4 Å². The highest BCUT2D eigenvalue weighted by Crippen LogP contribution is 2.60. The molecule has 0 amide bonds. The predicted molar refractivity (Wildman–Crippen MR) is 115 cm³/mol. The Bertz CT molecular complexity index is 1170. The molecule has 0 radical (unpaired) electrons. The van der Waals surface area contributed by atoms with Crippen LogP contribution in [0.25, 0.3) is 20.9 Å². The van der Waals surface area contributed by atoms with Crippen LogP contribution in [0.15, 0.2) is 30.3 Å². The maximum atomic E-state index is 14.9. The molecule has 168 valence electrons. The third-order valence-electron chi connectivity index (χ3n) is 7.06. The van der Waals surface area contributed by atoms with Crippen molar-refractivity contribution in [2.24, 2.45) is 5.92 Å². The lowest BCUT2D eigenvalue weighted by Crippen LogP contribution is -2.21. The molecule has 3 heterocycles. The van der Waals surface area contributed by atoms with E-state index < -0.39 is 12.2 Å². The molecule has 1 atom stereocenters. The second-order valence-corrected chi connectivity index (χ2v) is 10.1. The fourth-order valence-electron chi connectivity index (χ4n) is 5.17. The van der Waals surface area contributed by atoms with E-state index in [4.69, 9.17) is 14.5 Å². The van der Waals surface area contributed by atoms with E-state index in [0.717, 1.165) is 29.8 Å². The van der Waals surface area contributed by atoms with E-state index in [1.54, 1.807) is 12.1 Å². The predicted octanol–water partition coefficient (Wildman–Crippen LogP) is 6.40. The first-order valence-corrected chi connectivity index (χ1v) is 11.9. The van der Waals surface area contributed by atoms with Crippen LogP contribution < -0.4 is 0 Å². The summed E-state index contributed by atoms with van der Waals surface area (Å²) in [6.07, 6.45) is 2.57. The number of pyridine rings is 1. The largest absolute Gasteiger partial charge is 0.348 e. The van der Waals surface area contributed by atoms with Crippen LogP contribution in [0.5, 0.6) is 0 Å². The van der Waals surface area contributed by atoms with Gasteiger partial charge in [-0.25, -0.2) is 23.1 Å². The van der Waals surface area contributed by atoms with Crippen molar-refractivity contribution >= 4 is 21.7 Å². The van der Waals surface area contributed by atoms with Gasteiger partial charge in [0.15, 0.2) is 6.29 Å². The normalized spacial score (nSPS) is 24.8. The quantitative estimate of drug-likeness (QED) is 0.452. The van der Waals surface area contributed by atoms with E-state index >= 15 is 0 Å². The molecule has 32 heavy (non-hydrogen) atoms. The zero-order valence-electron chi connectivity index (χ0n) is 17.5. The van der Waals surface area contributed by atoms with Gasteiger partial charge in [0.2, 0.25) is 5.92 Å². The molecule has 0 spiro atoms. The van der Waals surface area contributed by atoms with Gasteiger partial charge in [-0.05, 0) is 55.9 Å². The third-order valence-corrected chi connectivity index (χ3v) is 8.06. The van der Waals surface area contributed by atoms with Crippen LogP contribution in [0, 0.1) is 11.7 Å². The molecule has 4 nitrogen and oxygen atoms in total. The summed E-state index contributed by atoms with van der Waals surface area (Å²) in [7, 11) is 0. The van der Waals surface area contributed by atoms with Crippen LogP contribution in [0.2, 0.25) is 0 Å². The number of nitrogens with zero attached hydrogens (tertiary/aromatic N) is 2. The summed E-state index contributed by atoms with van der Waals surface area (Å²) in [6, 6.07) is 8.76. The molecule has 0 N–H and O–H groups in total. The van der Waals surface area contributed by atoms with E-state index in [0.29, 0.717) is 41.3 Å². The van der Waals surface area contributed by atoms with Gasteiger partial charge in [-0.15, -0.1) is 0 Å². The number of thiazole rings is 1. The Morgan fingerprint density at radius 2 is 1.81 bits per heavy atom. The van der Waals surface area contributed by atoms with Gasteiger partial charge in [-0.3, -0.25) is 0 Å². The van der Waals surface area contributed by atoms with E-state index in [9.17, 15) is 13.2 Å². The van der Waals surface area contributed by atoms with E-state index in [-0.39, 0.29) is 30.0 Å². The lowest BCUT2D eigenvalue weighted by Gasteiger charge is -2.23. The molecule has 0 bridgehead atoms. The standard InChI is InChI=1S/C24H23F3N2O2S/c25-17-12-14(22-30-10-1-11-31-22)2-3-16(17)20-28-18-4-5-19(29-21(18)32-20)23(8-9-23)15-6-7-24(26,27)13-15/h2-5,12,15,22H,1,6-11,13H2. The Morgan fingerprint density at radius 3 is 2.50 bits per heavy atom. The first-order chi connectivity index (χ1) is 15.4. The van der Waals surface area contributed by atoms with Gasteiger partial charge in [0, 0.05) is 35.1 Å². The van der Waals surface area contributed by atoms with Gasteiger partial charge in [-0.2, -0.15) is 0 Å². The summed E-state index contributed by atoms with van der Waals surface area (Å²) in [5.41, 5.74) is 2.40. The first-order valence-electron chi connectivity index (χ1n) is 11.1. The van der Waals surface area contributed by atoms with Crippen molar-refractivity contribution in [3.8, 4) is 10.6 Å². The van der Waals surface area contributed by atoms with Gasteiger partial charge in [0.25, 0.3) is 0 Å². The molecule has 6 rings (SSSR count). The van der Waals surface area contributed by atoms with Crippen LogP contribution in [-0.2, 0) is 14.9 Å². The van der Waals surface area contributed by atoms with Gasteiger partial charge >= 0.3 is 0 Å². The zero-order valence-corrected chi connectivity index (χ0v) is 18.3. The molecule has 8 heteroatoms. The Hall–Kier alpha value is -2.03. The minimum atomic E-state index is -2.56. The molecule has 3 fully saturated rings. The number of alkyl halides is 2. The molecule has 2 aromatic heterocycles. The maximum Gasteiger partial charge on any atom is 0.248 e. The van der Waals surface area contributed by atoms with Crippen molar-refractivity contribution in [1.82, 2.24) is 9.97 Å². The van der Waals surface area contributed by atoms with Crippen LogP contribution in [0.1, 0.15) is 56.1 Å². The van der Waals surface area contributed by atoms with Gasteiger partial charge in [0.05, 0.1) is 13.2 Å². The summed E-state index contributed by atoms with van der Waals surface area (Å²) in [5, 5.41) is 0.552. The molecule has 1 unspecified atom stereocenters. The minimum Gasteiger partial charge on any atom is -0.348 e.